The number of halogens is 1. The molecule has 0 aliphatic rings. The lowest BCUT2D eigenvalue weighted by atomic mass is 10.1. The normalized spacial score (nSPS) is 12.7. The molecule has 2 aromatic heterocycles. The van der Waals surface area contributed by atoms with Gasteiger partial charge < -0.3 is 9.88 Å². The number of benzene rings is 1. The van der Waals surface area contributed by atoms with Crippen LogP contribution in [0, 0.1) is 6.92 Å². The lowest BCUT2D eigenvalue weighted by Crippen LogP contribution is -2.24. The summed E-state index contributed by atoms with van der Waals surface area (Å²) in [6.07, 6.45) is 4.74. The molecule has 1 aromatic carbocycles. The zero-order chi connectivity index (χ0) is 16.4. The lowest BCUT2D eigenvalue weighted by molar-refractivity contribution is 0.536. The summed E-state index contributed by atoms with van der Waals surface area (Å²) in [4.78, 5) is 8.86. The summed E-state index contributed by atoms with van der Waals surface area (Å²) < 4.78 is 2.11. The summed E-state index contributed by atoms with van der Waals surface area (Å²) in [5.74, 6) is 1.02. The Hall–Kier alpha value is -1.91. The van der Waals surface area contributed by atoms with E-state index in [2.05, 4.69) is 34.8 Å². The molecule has 0 radical (unpaired) electrons. The van der Waals surface area contributed by atoms with E-state index in [1.807, 2.05) is 37.6 Å². The number of aryl methyl sites for hydroxylation is 2. The van der Waals surface area contributed by atoms with Gasteiger partial charge in [0.15, 0.2) is 0 Å². The number of nitrogens with zero attached hydrogens (tertiary/aromatic N) is 3. The quantitative estimate of drug-likeness (QED) is 0.774. The first-order chi connectivity index (χ1) is 11.1. The second-order valence-electron chi connectivity index (χ2n) is 5.89. The molecule has 0 spiro atoms. The minimum atomic E-state index is 0.174. The molecule has 23 heavy (non-hydrogen) atoms. The van der Waals surface area contributed by atoms with E-state index in [-0.39, 0.29) is 6.04 Å². The van der Waals surface area contributed by atoms with Gasteiger partial charge in [-0.3, -0.25) is 4.98 Å². The van der Waals surface area contributed by atoms with Crippen molar-refractivity contribution in [1.29, 1.82) is 0 Å². The highest BCUT2D eigenvalue weighted by molar-refractivity contribution is 6.31. The number of rotatable bonds is 5. The van der Waals surface area contributed by atoms with Crippen molar-refractivity contribution in [2.75, 3.05) is 6.54 Å². The molecule has 3 rings (SSSR count). The van der Waals surface area contributed by atoms with Gasteiger partial charge in [-0.15, -0.1) is 0 Å². The van der Waals surface area contributed by atoms with Crippen LogP contribution in [-0.2, 0) is 13.5 Å². The summed E-state index contributed by atoms with van der Waals surface area (Å²) in [7, 11) is 2.03. The van der Waals surface area contributed by atoms with Crippen LogP contribution in [0.3, 0.4) is 0 Å². The van der Waals surface area contributed by atoms with Gasteiger partial charge in [0.1, 0.15) is 5.82 Å². The Morgan fingerprint density at radius 3 is 2.91 bits per heavy atom. The Kier molecular flexibility index (Phi) is 4.64. The number of hydrogen-bond donors (Lipinski definition) is 1. The smallest absolute Gasteiger partial charge is 0.126 e. The van der Waals surface area contributed by atoms with Crippen LogP contribution in [0.1, 0.15) is 29.9 Å². The topological polar surface area (TPSA) is 42.7 Å². The van der Waals surface area contributed by atoms with E-state index in [0.717, 1.165) is 34.8 Å². The van der Waals surface area contributed by atoms with Gasteiger partial charge in [-0.05, 0) is 62.2 Å². The SMILES string of the molecule is Cc1cnccc1CCN[C@@H](C)c1nc2ccc(Cl)cc2n1C. The van der Waals surface area contributed by atoms with Gasteiger partial charge >= 0.3 is 0 Å². The molecule has 1 N–H and O–H groups in total. The molecule has 1 atom stereocenters. The van der Waals surface area contributed by atoms with Gasteiger partial charge in [0, 0.05) is 24.5 Å². The van der Waals surface area contributed by atoms with Crippen LogP contribution in [-0.4, -0.2) is 21.1 Å². The molecule has 0 aliphatic carbocycles. The molecule has 2 heterocycles. The van der Waals surface area contributed by atoms with E-state index in [0.29, 0.717) is 0 Å². The second kappa shape index (κ2) is 6.69. The average Bonchev–Trinajstić information content (AvgIpc) is 2.86. The summed E-state index contributed by atoms with van der Waals surface area (Å²) in [6.45, 7) is 5.14. The molecule has 3 aromatic rings. The van der Waals surface area contributed by atoms with Crippen LogP contribution in [0.15, 0.2) is 36.7 Å². The fourth-order valence-corrected chi connectivity index (χ4v) is 3.03. The highest BCUT2D eigenvalue weighted by Crippen LogP contribution is 2.22. The maximum Gasteiger partial charge on any atom is 0.126 e. The van der Waals surface area contributed by atoms with Gasteiger partial charge in [-0.2, -0.15) is 0 Å². The third kappa shape index (κ3) is 3.38. The molecule has 0 saturated carbocycles. The van der Waals surface area contributed by atoms with Crippen molar-refractivity contribution in [3.05, 3.63) is 58.6 Å². The molecule has 0 amide bonds. The number of fused-ring (bicyclic) bond motifs is 1. The van der Waals surface area contributed by atoms with Gasteiger partial charge in [0.25, 0.3) is 0 Å². The zero-order valence-corrected chi connectivity index (χ0v) is 14.4. The van der Waals surface area contributed by atoms with E-state index in [1.165, 1.54) is 11.1 Å². The molecule has 4 nitrogen and oxygen atoms in total. The number of aromatic nitrogens is 3. The van der Waals surface area contributed by atoms with Crippen LogP contribution < -0.4 is 5.32 Å². The first-order valence-electron chi connectivity index (χ1n) is 7.81. The van der Waals surface area contributed by atoms with Crippen molar-refractivity contribution in [1.82, 2.24) is 19.9 Å². The summed E-state index contributed by atoms with van der Waals surface area (Å²) >= 11 is 6.08. The molecule has 120 valence electrons. The van der Waals surface area contributed by atoms with Gasteiger partial charge in [0.2, 0.25) is 0 Å². The maximum atomic E-state index is 6.08. The first kappa shape index (κ1) is 16.0. The molecule has 0 aliphatic heterocycles. The maximum absolute atomic E-state index is 6.08. The Balaban J connectivity index is 1.70. The predicted molar refractivity (Wildman–Crippen MR) is 94.8 cm³/mol. The Morgan fingerprint density at radius 2 is 2.13 bits per heavy atom. The molecule has 0 bridgehead atoms. The Bertz CT molecular complexity index is 825. The van der Waals surface area contributed by atoms with E-state index >= 15 is 0 Å². The van der Waals surface area contributed by atoms with E-state index in [9.17, 15) is 0 Å². The van der Waals surface area contributed by atoms with Crippen molar-refractivity contribution in [2.45, 2.75) is 26.3 Å². The fourth-order valence-electron chi connectivity index (χ4n) is 2.87. The molecular weight excluding hydrogens is 308 g/mol. The van der Waals surface area contributed by atoms with Crippen molar-refractivity contribution in [3.8, 4) is 0 Å². The fraction of sp³-hybridized carbons (Fsp3) is 0.333. The highest BCUT2D eigenvalue weighted by atomic mass is 35.5. The predicted octanol–water partition coefficient (Wildman–Crippen LogP) is 3.82. The van der Waals surface area contributed by atoms with Gasteiger partial charge in [-0.25, -0.2) is 4.98 Å². The highest BCUT2D eigenvalue weighted by Gasteiger charge is 2.14. The summed E-state index contributed by atoms with van der Waals surface area (Å²) in [5, 5.41) is 4.29. The van der Waals surface area contributed by atoms with Crippen LogP contribution in [0.5, 0.6) is 0 Å². The third-order valence-corrected chi connectivity index (χ3v) is 4.48. The van der Waals surface area contributed by atoms with Gasteiger partial charge in [-0.1, -0.05) is 11.6 Å². The average molecular weight is 329 g/mol. The number of hydrogen-bond acceptors (Lipinski definition) is 3. The molecule has 0 fully saturated rings. The summed E-state index contributed by atoms with van der Waals surface area (Å²) in [6, 6.07) is 8.06. The number of pyridine rings is 1. The van der Waals surface area contributed by atoms with Crippen LogP contribution in [0.2, 0.25) is 5.02 Å². The Labute approximate surface area is 141 Å². The van der Waals surface area contributed by atoms with Crippen molar-refractivity contribution < 1.29 is 0 Å². The van der Waals surface area contributed by atoms with Crippen LogP contribution in [0.25, 0.3) is 11.0 Å². The van der Waals surface area contributed by atoms with E-state index < -0.39 is 0 Å². The molecule has 0 saturated heterocycles. The number of imidazole rings is 1. The van der Waals surface area contributed by atoms with Crippen LogP contribution >= 0.6 is 11.6 Å². The Morgan fingerprint density at radius 1 is 1.30 bits per heavy atom. The van der Waals surface area contributed by atoms with Crippen LogP contribution in [0.4, 0.5) is 0 Å². The molecule has 0 unspecified atom stereocenters. The van der Waals surface area contributed by atoms with E-state index in [4.69, 9.17) is 16.6 Å². The number of nitrogens with one attached hydrogen (secondary N) is 1. The minimum Gasteiger partial charge on any atom is -0.330 e. The third-order valence-electron chi connectivity index (χ3n) is 4.25. The standard InChI is InChI=1S/C18H21ClN4/c1-12-11-20-8-6-14(12)7-9-21-13(2)18-22-16-5-4-15(19)10-17(16)23(18)3/h4-6,8,10-11,13,21H,7,9H2,1-3H3/t13-/m0/s1. The first-order valence-corrected chi connectivity index (χ1v) is 8.19. The van der Waals surface area contributed by atoms with Crippen molar-refractivity contribution >= 4 is 22.6 Å². The van der Waals surface area contributed by atoms with Gasteiger partial charge in [0.05, 0.1) is 17.1 Å². The largest absolute Gasteiger partial charge is 0.330 e. The molecular formula is C18H21ClN4. The summed E-state index contributed by atoms with van der Waals surface area (Å²) in [5.41, 5.74) is 4.60. The lowest BCUT2D eigenvalue weighted by Gasteiger charge is -2.14. The monoisotopic (exact) mass is 328 g/mol. The van der Waals surface area contributed by atoms with E-state index in [1.54, 1.807) is 0 Å². The molecule has 5 heteroatoms. The second-order valence-corrected chi connectivity index (χ2v) is 6.33. The minimum absolute atomic E-state index is 0.174. The van der Waals surface area contributed by atoms with Crippen molar-refractivity contribution in [3.63, 3.8) is 0 Å². The van der Waals surface area contributed by atoms with Crippen molar-refractivity contribution in [2.24, 2.45) is 7.05 Å². The zero-order valence-electron chi connectivity index (χ0n) is 13.7.